The highest BCUT2D eigenvalue weighted by Crippen LogP contribution is 2.36. The van der Waals surface area contributed by atoms with E-state index in [-0.39, 0.29) is 24.2 Å². The number of hydrogen-bond donors (Lipinski definition) is 1. The summed E-state index contributed by atoms with van der Waals surface area (Å²) in [5, 5.41) is 2.11. The number of hydrogen-bond acceptors (Lipinski definition) is 4. The summed E-state index contributed by atoms with van der Waals surface area (Å²) in [6.07, 6.45) is -2.68. The normalized spacial score (nSPS) is 18.1. The quantitative estimate of drug-likeness (QED) is 0.655. The third-order valence-corrected chi connectivity index (χ3v) is 6.94. The van der Waals surface area contributed by atoms with Crippen LogP contribution in [0.1, 0.15) is 24.5 Å². The number of carbonyl (C=O) groups is 2. The first-order valence-electron chi connectivity index (χ1n) is 11.7. The van der Waals surface area contributed by atoms with Gasteiger partial charge in [-0.3, -0.25) is 19.4 Å². The highest BCUT2D eigenvalue weighted by atomic mass is 35.5. The fraction of sp³-hybridized carbons (Fsp3) is 0.440. The van der Waals surface area contributed by atoms with Crippen molar-refractivity contribution in [2.45, 2.75) is 32.0 Å². The molecule has 0 saturated carbocycles. The van der Waals surface area contributed by atoms with E-state index in [1.807, 2.05) is 34.9 Å². The summed E-state index contributed by atoms with van der Waals surface area (Å²) < 4.78 is 39.2. The molecule has 4 rings (SSSR count). The zero-order valence-corrected chi connectivity index (χ0v) is 20.2. The van der Waals surface area contributed by atoms with Crippen LogP contribution in [0, 0.1) is 0 Å². The molecule has 2 aliphatic rings. The fourth-order valence-corrected chi connectivity index (χ4v) is 4.90. The van der Waals surface area contributed by atoms with E-state index in [0.29, 0.717) is 32.7 Å². The molecule has 188 valence electrons. The molecular weight excluding hydrogens is 481 g/mol. The molecule has 2 aromatic rings. The molecule has 35 heavy (non-hydrogen) atoms. The minimum atomic E-state index is -4.60. The lowest BCUT2D eigenvalue weighted by Gasteiger charge is -2.39. The maximum atomic E-state index is 13.3. The molecule has 2 aliphatic heterocycles. The maximum absolute atomic E-state index is 13.3. The van der Waals surface area contributed by atoms with Crippen molar-refractivity contribution in [1.29, 1.82) is 0 Å². The van der Waals surface area contributed by atoms with Crippen LogP contribution in [-0.2, 0) is 22.2 Å². The zero-order chi connectivity index (χ0) is 25.2. The predicted octanol–water partition coefficient (Wildman–Crippen LogP) is 4.28. The number of amides is 2. The van der Waals surface area contributed by atoms with E-state index >= 15 is 0 Å². The molecule has 1 saturated heterocycles. The van der Waals surface area contributed by atoms with Crippen molar-refractivity contribution >= 4 is 34.8 Å². The number of para-hydroxylation sites is 1. The lowest BCUT2D eigenvalue weighted by Crippen LogP contribution is -2.56. The average molecular weight is 509 g/mol. The van der Waals surface area contributed by atoms with Gasteiger partial charge in [0, 0.05) is 44.1 Å². The first-order valence-corrected chi connectivity index (χ1v) is 12.0. The summed E-state index contributed by atoms with van der Waals surface area (Å²) in [4.78, 5) is 31.6. The van der Waals surface area contributed by atoms with Gasteiger partial charge in [-0.2, -0.15) is 13.2 Å². The van der Waals surface area contributed by atoms with Gasteiger partial charge in [-0.1, -0.05) is 29.8 Å². The minimum Gasteiger partial charge on any atom is -0.325 e. The highest BCUT2D eigenvalue weighted by Gasteiger charge is 2.34. The second-order valence-corrected chi connectivity index (χ2v) is 9.36. The second kappa shape index (κ2) is 10.6. The predicted molar refractivity (Wildman–Crippen MR) is 130 cm³/mol. The number of alkyl halides is 3. The van der Waals surface area contributed by atoms with Crippen LogP contribution in [0.5, 0.6) is 0 Å². The van der Waals surface area contributed by atoms with Crippen LogP contribution in [0.2, 0.25) is 5.02 Å². The number of fused-ring (bicyclic) bond motifs is 1. The van der Waals surface area contributed by atoms with Gasteiger partial charge in [-0.05, 0) is 49.6 Å². The number of nitrogens with zero attached hydrogens (tertiary/aromatic N) is 3. The smallest absolute Gasteiger partial charge is 0.325 e. The molecule has 6 nitrogen and oxygen atoms in total. The van der Waals surface area contributed by atoms with E-state index in [1.54, 1.807) is 0 Å². The molecular formula is C25H28ClF3N4O2. The van der Waals surface area contributed by atoms with Gasteiger partial charge in [0.15, 0.2) is 0 Å². The van der Waals surface area contributed by atoms with E-state index in [1.165, 1.54) is 11.6 Å². The number of anilines is 2. The molecule has 0 radical (unpaired) electrons. The molecule has 2 aromatic carbocycles. The summed E-state index contributed by atoms with van der Waals surface area (Å²) in [5.74, 6) is -0.325. The summed E-state index contributed by atoms with van der Waals surface area (Å²) in [6.45, 7) is 5.08. The van der Waals surface area contributed by atoms with Crippen LogP contribution in [0.15, 0.2) is 42.5 Å². The van der Waals surface area contributed by atoms with Crippen LogP contribution in [0.25, 0.3) is 0 Å². The Hall–Kier alpha value is -2.62. The van der Waals surface area contributed by atoms with Crippen LogP contribution in [-0.4, -0.2) is 66.9 Å². The summed E-state index contributed by atoms with van der Waals surface area (Å²) in [7, 11) is 0. The molecule has 0 unspecified atom stereocenters. The lowest BCUT2D eigenvalue weighted by atomic mass is 10.0. The van der Waals surface area contributed by atoms with Crippen LogP contribution in [0.3, 0.4) is 0 Å². The van der Waals surface area contributed by atoms with Gasteiger partial charge < -0.3 is 10.2 Å². The number of piperazine rings is 1. The van der Waals surface area contributed by atoms with Crippen LogP contribution in [0.4, 0.5) is 24.5 Å². The van der Waals surface area contributed by atoms with Gasteiger partial charge >= 0.3 is 6.18 Å². The largest absolute Gasteiger partial charge is 0.417 e. The van der Waals surface area contributed by atoms with Crippen LogP contribution < -0.4 is 10.2 Å². The zero-order valence-electron chi connectivity index (χ0n) is 19.4. The number of rotatable bonds is 5. The summed E-state index contributed by atoms with van der Waals surface area (Å²) >= 11 is 5.64. The molecule has 1 fully saturated rings. The van der Waals surface area contributed by atoms with Crippen molar-refractivity contribution in [3.63, 3.8) is 0 Å². The lowest BCUT2D eigenvalue weighted by molar-refractivity contribution is -0.137. The Bertz CT molecular complexity index is 1090. The van der Waals surface area contributed by atoms with Crippen LogP contribution >= 0.6 is 11.6 Å². The Kier molecular flexibility index (Phi) is 7.68. The molecule has 0 aromatic heterocycles. The van der Waals surface area contributed by atoms with E-state index in [0.717, 1.165) is 30.7 Å². The third-order valence-electron chi connectivity index (χ3n) is 6.61. The first-order chi connectivity index (χ1) is 16.6. The van der Waals surface area contributed by atoms with Crippen molar-refractivity contribution in [1.82, 2.24) is 9.80 Å². The second-order valence-electron chi connectivity index (χ2n) is 8.95. The first kappa shape index (κ1) is 25.5. The molecule has 2 heterocycles. The average Bonchev–Trinajstić information content (AvgIpc) is 2.83. The number of halogens is 4. The fourth-order valence-electron chi connectivity index (χ4n) is 4.68. The Labute approximate surface area is 207 Å². The Morgan fingerprint density at radius 2 is 1.77 bits per heavy atom. The molecule has 10 heteroatoms. The van der Waals surface area contributed by atoms with Crippen molar-refractivity contribution < 1.29 is 22.8 Å². The molecule has 1 N–H and O–H groups in total. The van der Waals surface area contributed by atoms with Gasteiger partial charge in [0.2, 0.25) is 11.8 Å². The Morgan fingerprint density at radius 3 is 2.49 bits per heavy atom. The standard InChI is InChI=1S/C25H28ClF3N4O2/c1-17(24(35)33-10-4-6-18-5-2-3-7-22(18)33)32-13-11-31(12-14-32)16-23(34)30-19-8-9-21(26)20(15-19)25(27,28)29/h2-3,5,7-9,15,17H,4,6,10-14,16H2,1H3,(H,30,34)/t17-/m0/s1. The van der Waals surface area contributed by atoms with E-state index in [2.05, 4.69) is 16.3 Å². The van der Waals surface area contributed by atoms with Crippen molar-refractivity contribution in [3.05, 3.63) is 58.6 Å². The number of aryl methyl sites for hydroxylation is 1. The molecule has 0 bridgehead atoms. The monoisotopic (exact) mass is 508 g/mol. The minimum absolute atomic E-state index is 0.0476. The van der Waals surface area contributed by atoms with Crippen molar-refractivity contribution in [2.24, 2.45) is 0 Å². The van der Waals surface area contributed by atoms with E-state index < -0.39 is 22.7 Å². The number of benzene rings is 2. The number of carbonyl (C=O) groups excluding carboxylic acids is 2. The number of nitrogens with one attached hydrogen (secondary N) is 1. The molecule has 1 atom stereocenters. The Balaban J connectivity index is 1.29. The van der Waals surface area contributed by atoms with Crippen molar-refractivity contribution in [2.75, 3.05) is 49.5 Å². The van der Waals surface area contributed by atoms with Gasteiger partial charge in [0.05, 0.1) is 23.2 Å². The highest BCUT2D eigenvalue weighted by molar-refractivity contribution is 6.31. The van der Waals surface area contributed by atoms with Gasteiger partial charge in [0.1, 0.15) is 0 Å². The summed E-state index contributed by atoms with van der Waals surface area (Å²) in [5.41, 5.74) is 1.24. The van der Waals surface area contributed by atoms with E-state index in [9.17, 15) is 22.8 Å². The Morgan fingerprint density at radius 1 is 1.06 bits per heavy atom. The topological polar surface area (TPSA) is 55.9 Å². The maximum Gasteiger partial charge on any atom is 0.417 e. The van der Waals surface area contributed by atoms with Crippen molar-refractivity contribution in [3.8, 4) is 0 Å². The summed E-state index contributed by atoms with van der Waals surface area (Å²) in [6, 6.07) is 11.0. The molecule has 0 aliphatic carbocycles. The van der Waals surface area contributed by atoms with Gasteiger partial charge in [-0.15, -0.1) is 0 Å². The van der Waals surface area contributed by atoms with Gasteiger partial charge in [-0.25, -0.2) is 0 Å². The third kappa shape index (κ3) is 5.97. The van der Waals surface area contributed by atoms with E-state index in [4.69, 9.17) is 11.6 Å². The molecule has 0 spiro atoms. The van der Waals surface area contributed by atoms with Gasteiger partial charge in [0.25, 0.3) is 0 Å². The SMILES string of the molecule is C[C@@H](C(=O)N1CCCc2ccccc21)N1CCN(CC(=O)Nc2ccc(Cl)c(C(F)(F)F)c2)CC1. The molecule has 2 amide bonds.